The van der Waals surface area contributed by atoms with E-state index >= 15 is 0 Å². The van der Waals surface area contributed by atoms with E-state index in [-0.39, 0.29) is 18.4 Å². The third-order valence-corrected chi connectivity index (χ3v) is 8.11. The fraction of sp³-hybridized carbons (Fsp3) is 0.182. The molecule has 30 heavy (non-hydrogen) atoms. The molecule has 0 saturated heterocycles. The maximum absolute atomic E-state index is 12.2. The minimum Gasteiger partial charge on any atom is -0.394 e. The van der Waals surface area contributed by atoms with Gasteiger partial charge in [0.25, 0.3) is 0 Å². The van der Waals surface area contributed by atoms with Gasteiger partial charge in [-0.05, 0) is 48.0 Å². The van der Waals surface area contributed by atoms with Gasteiger partial charge in [0.15, 0.2) is 9.84 Å². The van der Waals surface area contributed by atoms with E-state index in [0.29, 0.717) is 9.92 Å². The van der Waals surface area contributed by atoms with Gasteiger partial charge in [0.1, 0.15) is 0 Å². The van der Waals surface area contributed by atoms with E-state index in [1.54, 1.807) is 36.5 Å². The van der Waals surface area contributed by atoms with E-state index in [2.05, 4.69) is 5.43 Å². The lowest BCUT2D eigenvalue weighted by molar-refractivity contribution is 0.269. The molecule has 8 heteroatoms. The molecule has 1 atom stereocenters. The molecule has 0 bridgehead atoms. The molecule has 0 radical (unpaired) electrons. The van der Waals surface area contributed by atoms with Crippen molar-refractivity contribution in [2.24, 2.45) is 0 Å². The van der Waals surface area contributed by atoms with Crippen LogP contribution in [0.2, 0.25) is 5.02 Å². The Morgan fingerprint density at radius 3 is 2.60 bits per heavy atom. The Morgan fingerprint density at radius 1 is 1.10 bits per heavy atom. The van der Waals surface area contributed by atoms with Crippen LogP contribution in [0.3, 0.4) is 0 Å². The molecule has 1 aliphatic rings. The second-order valence-corrected chi connectivity index (χ2v) is 10.6. The highest BCUT2D eigenvalue weighted by Gasteiger charge is 2.27. The Balaban J connectivity index is 1.71. The number of nitrogens with one attached hydrogen (secondary N) is 1. The van der Waals surface area contributed by atoms with E-state index in [1.165, 1.54) is 0 Å². The molecule has 156 valence electrons. The number of para-hydroxylation sites is 1. The molecule has 0 fully saturated rings. The molecule has 1 aliphatic heterocycles. The van der Waals surface area contributed by atoms with Crippen LogP contribution in [0.1, 0.15) is 11.8 Å². The van der Waals surface area contributed by atoms with Crippen LogP contribution in [0.15, 0.2) is 71.6 Å². The molecular formula is C22H21ClN2O3S2. The van der Waals surface area contributed by atoms with Gasteiger partial charge in [-0.25, -0.2) is 13.8 Å². The summed E-state index contributed by atoms with van der Waals surface area (Å²) >= 11 is 7.96. The highest BCUT2D eigenvalue weighted by Crippen LogP contribution is 2.39. The zero-order valence-electron chi connectivity index (χ0n) is 16.2. The molecule has 0 saturated carbocycles. The number of halogens is 1. The maximum atomic E-state index is 12.2. The normalized spacial score (nSPS) is 16.7. The van der Waals surface area contributed by atoms with Crippen molar-refractivity contribution in [2.45, 2.75) is 17.9 Å². The Kier molecular flexibility index (Phi) is 5.99. The van der Waals surface area contributed by atoms with Gasteiger partial charge in [-0.2, -0.15) is 0 Å². The summed E-state index contributed by atoms with van der Waals surface area (Å²) in [5.41, 5.74) is 5.82. The number of benzene rings is 2. The van der Waals surface area contributed by atoms with Gasteiger partial charge in [0.2, 0.25) is 0 Å². The summed E-state index contributed by atoms with van der Waals surface area (Å²) in [5.74, 6) is 0.0695. The molecule has 0 spiro atoms. The summed E-state index contributed by atoms with van der Waals surface area (Å²) in [5, 5.41) is 12.1. The quantitative estimate of drug-likeness (QED) is 0.563. The van der Waals surface area contributed by atoms with Crippen LogP contribution in [0.5, 0.6) is 0 Å². The van der Waals surface area contributed by atoms with E-state index in [9.17, 15) is 13.5 Å². The van der Waals surface area contributed by atoms with Gasteiger partial charge < -0.3 is 5.11 Å². The van der Waals surface area contributed by atoms with Crippen molar-refractivity contribution in [3.63, 3.8) is 0 Å². The third kappa shape index (κ3) is 4.04. The number of thiophene rings is 1. The standard InChI is InChI=1S/C22H21ClN2O3S2/c1-2-30(27,28)17-7-5-6-15(12-17)21-10-11-22(29-21)20-13-16(14-26)24-25(20)19-9-4-3-8-18(19)23/h3-13,16,24,26H,2,14H2,1H3. The second kappa shape index (κ2) is 8.53. The maximum Gasteiger partial charge on any atom is 0.178 e. The zero-order chi connectivity index (χ0) is 21.3. The summed E-state index contributed by atoms with van der Waals surface area (Å²) in [6.07, 6.45) is 1.97. The predicted octanol–water partition coefficient (Wildman–Crippen LogP) is 4.59. The number of sulfone groups is 1. The average molecular weight is 461 g/mol. The molecule has 2 N–H and O–H groups in total. The summed E-state index contributed by atoms with van der Waals surface area (Å²) in [6, 6.07) is 18.3. The van der Waals surface area contributed by atoms with Crippen LogP contribution in [-0.4, -0.2) is 31.9 Å². The SMILES string of the molecule is CCS(=O)(=O)c1cccc(-c2ccc(C3=CC(CO)NN3c3ccccc3Cl)s2)c1. The number of aliphatic hydroxyl groups is 1. The Morgan fingerprint density at radius 2 is 1.87 bits per heavy atom. The first-order valence-electron chi connectivity index (χ1n) is 9.50. The summed E-state index contributed by atoms with van der Waals surface area (Å²) < 4.78 is 24.5. The zero-order valence-corrected chi connectivity index (χ0v) is 18.6. The number of hydrazine groups is 1. The van der Waals surface area contributed by atoms with Crippen LogP contribution >= 0.6 is 22.9 Å². The van der Waals surface area contributed by atoms with Gasteiger partial charge in [-0.1, -0.05) is 42.8 Å². The number of anilines is 1. The highest BCUT2D eigenvalue weighted by molar-refractivity contribution is 7.91. The van der Waals surface area contributed by atoms with Crippen molar-refractivity contribution in [1.29, 1.82) is 0 Å². The van der Waals surface area contributed by atoms with E-state index in [4.69, 9.17) is 11.6 Å². The molecule has 2 aromatic carbocycles. The van der Waals surface area contributed by atoms with E-state index < -0.39 is 9.84 Å². The fourth-order valence-corrected chi connectivity index (χ4v) is 5.46. The van der Waals surface area contributed by atoms with Gasteiger partial charge >= 0.3 is 0 Å². The van der Waals surface area contributed by atoms with Crippen LogP contribution in [0, 0.1) is 0 Å². The lowest BCUT2D eigenvalue weighted by atomic mass is 10.2. The van der Waals surface area contributed by atoms with E-state index in [0.717, 1.165) is 26.7 Å². The smallest absolute Gasteiger partial charge is 0.178 e. The monoisotopic (exact) mass is 460 g/mol. The number of hydrogen-bond acceptors (Lipinski definition) is 6. The van der Waals surface area contributed by atoms with Gasteiger partial charge in [-0.3, -0.25) is 5.01 Å². The number of hydrogen-bond donors (Lipinski definition) is 2. The molecular weight excluding hydrogens is 440 g/mol. The minimum absolute atomic E-state index is 0.0421. The molecule has 0 aliphatic carbocycles. The Bertz CT molecular complexity index is 1200. The van der Waals surface area contributed by atoms with Crippen molar-refractivity contribution in [2.75, 3.05) is 17.4 Å². The van der Waals surface area contributed by atoms with Crippen LogP contribution in [0.4, 0.5) is 5.69 Å². The van der Waals surface area contributed by atoms with Gasteiger partial charge in [-0.15, -0.1) is 11.3 Å². The second-order valence-electron chi connectivity index (χ2n) is 6.85. The first kappa shape index (κ1) is 21.1. The van der Waals surface area contributed by atoms with E-state index in [1.807, 2.05) is 53.5 Å². The van der Waals surface area contributed by atoms with Crippen molar-refractivity contribution < 1.29 is 13.5 Å². The van der Waals surface area contributed by atoms with Crippen LogP contribution in [-0.2, 0) is 9.84 Å². The van der Waals surface area contributed by atoms with Gasteiger partial charge in [0, 0.05) is 4.88 Å². The molecule has 3 aromatic rings. The topological polar surface area (TPSA) is 69.6 Å². The number of aliphatic hydroxyl groups excluding tert-OH is 1. The summed E-state index contributed by atoms with van der Waals surface area (Å²) in [6.45, 7) is 1.60. The van der Waals surface area contributed by atoms with Crippen LogP contribution in [0.25, 0.3) is 16.1 Å². The molecule has 4 rings (SSSR count). The van der Waals surface area contributed by atoms with Crippen molar-refractivity contribution in [1.82, 2.24) is 5.43 Å². The predicted molar refractivity (Wildman–Crippen MR) is 123 cm³/mol. The molecule has 5 nitrogen and oxygen atoms in total. The van der Waals surface area contributed by atoms with Gasteiger partial charge in [0.05, 0.1) is 44.6 Å². The lowest BCUT2D eigenvalue weighted by Gasteiger charge is -2.24. The van der Waals surface area contributed by atoms with Crippen molar-refractivity contribution in [3.05, 3.63) is 76.6 Å². The Labute approximate surface area is 185 Å². The third-order valence-electron chi connectivity index (χ3n) is 4.90. The van der Waals surface area contributed by atoms with Crippen molar-refractivity contribution in [3.8, 4) is 10.4 Å². The molecule has 0 amide bonds. The highest BCUT2D eigenvalue weighted by atomic mass is 35.5. The summed E-state index contributed by atoms with van der Waals surface area (Å²) in [7, 11) is -3.27. The summed E-state index contributed by atoms with van der Waals surface area (Å²) in [4.78, 5) is 2.28. The first-order chi connectivity index (χ1) is 14.4. The molecule has 1 aromatic heterocycles. The van der Waals surface area contributed by atoms with Crippen molar-refractivity contribution >= 4 is 44.2 Å². The lowest BCUT2D eigenvalue weighted by Crippen LogP contribution is -2.38. The number of nitrogens with zero attached hydrogens (tertiary/aromatic N) is 1. The van der Waals surface area contributed by atoms with Crippen LogP contribution < -0.4 is 10.4 Å². The molecule has 2 heterocycles. The fourth-order valence-electron chi connectivity index (χ4n) is 3.30. The minimum atomic E-state index is -3.27. The largest absolute Gasteiger partial charge is 0.394 e. The Hall–Kier alpha value is -2.16. The number of rotatable bonds is 6. The molecule has 1 unspecified atom stereocenters. The first-order valence-corrected chi connectivity index (χ1v) is 12.3. The average Bonchev–Trinajstić information content (AvgIpc) is 3.41.